The topological polar surface area (TPSA) is 102 Å². The van der Waals surface area contributed by atoms with Gasteiger partial charge >= 0.3 is 5.97 Å². The average Bonchev–Trinajstić information content (AvgIpc) is 2.61. The van der Waals surface area contributed by atoms with Gasteiger partial charge in [0.25, 0.3) is 0 Å². The second-order valence-corrected chi connectivity index (χ2v) is 6.38. The van der Waals surface area contributed by atoms with Crippen molar-refractivity contribution >= 4 is 11.9 Å². The maximum absolute atomic E-state index is 12.4. The Balaban J connectivity index is 1.97. The lowest BCUT2D eigenvalue weighted by Crippen LogP contribution is -2.52. The maximum atomic E-state index is 12.4. The molecular formula is C18H26N2O4. The molecule has 6 heteroatoms. The van der Waals surface area contributed by atoms with Crippen LogP contribution in [0.3, 0.4) is 0 Å². The van der Waals surface area contributed by atoms with Gasteiger partial charge in [-0.1, -0.05) is 31.4 Å². The number of rotatable bonds is 6. The third kappa shape index (κ3) is 4.96. The number of methoxy groups -OCH3 is 1. The number of phenolic OH excluding ortho intramolecular Hbond substituents is 1. The normalized spacial score (nSPS) is 17.8. The Hall–Kier alpha value is -2.08. The summed E-state index contributed by atoms with van der Waals surface area (Å²) in [6.45, 7) is 0. The molecule has 1 aliphatic rings. The Morgan fingerprint density at radius 3 is 2.46 bits per heavy atom. The Morgan fingerprint density at radius 2 is 1.88 bits per heavy atom. The zero-order valence-corrected chi connectivity index (χ0v) is 14.0. The van der Waals surface area contributed by atoms with E-state index in [0.717, 1.165) is 31.2 Å². The van der Waals surface area contributed by atoms with E-state index in [2.05, 4.69) is 5.32 Å². The monoisotopic (exact) mass is 334 g/mol. The molecule has 0 unspecified atom stereocenters. The van der Waals surface area contributed by atoms with Gasteiger partial charge in [-0.15, -0.1) is 0 Å². The van der Waals surface area contributed by atoms with E-state index < -0.39 is 18.1 Å². The molecule has 2 rings (SSSR count). The fourth-order valence-electron chi connectivity index (χ4n) is 3.20. The first-order valence-corrected chi connectivity index (χ1v) is 8.43. The SMILES string of the molecule is COC(=O)[C@@H](NC(=O)[C@@H](N)Cc1ccc(O)cc1)C1CCCCC1. The molecule has 0 heterocycles. The van der Waals surface area contributed by atoms with Gasteiger partial charge in [-0.3, -0.25) is 4.79 Å². The molecule has 0 bridgehead atoms. The quantitative estimate of drug-likeness (QED) is 0.684. The molecule has 1 amide bonds. The summed E-state index contributed by atoms with van der Waals surface area (Å²) in [6, 6.07) is 5.17. The number of aromatic hydroxyl groups is 1. The van der Waals surface area contributed by atoms with Crippen LogP contribution in [0.15, 0.2) is 24.3 Å². The summed E-state index contributed by atoms with van der Waals surface area (Å²) < 4.78 is 4.86. The first-order valence-electron chi connectivity index (χ1n) is 8.43. The fraction of sp³-hybridized carbons (Fsp3) is 0.556. The van der Waals surface area contributed by atoms with Crippen LogP contribution in [-0.4, -0.2) is 36.2 Å². The molecule has 132 valence electrons. The predicted octanol–water partition coefficient (Wildman–Crippen LogP) is 1.50. The first kappa shape index (κ1) is 18.3. The lowest BCUT2D eigenvalue weighted by atomic mass is 9.83. The highest BCUT2D eigenvalue weighted by Crippen LogP contribution is 2.27. The average molecular weight is 334 g/mol. The summed E-state index contributed by atoms with van der Waals surface area (Å²) in [4.78, 5) is 24.5. The van der Waals surface area contributed by atoms with Crippen molar-refractivity contribution in [1.82, 2.24) is 5.32 Å². The predicted molar refractivity (Wildman–Crippen MR) is 90.3 cm³/mol. The van der Waals surface area contributed by atoms with E-state index in [1.165, 1.54) is 13.5 Å². The van der Waals surface area contributed by atoms with Crippen LogP contribution in [0.25, 0.3) is 0 Å². The molecule has 24 heavy (non-hydrogen) atoms. The summed E-state index contributed by atoms with van der Waals surface area (Å²) in [5.74, 6) is -0.494. The van der Waals surface area contributed by atoms with Crippen LogP contribution in [0.1, 0.15) is 37.7 Å². The highest BCUT2D eigenvalue weighted by molar-refractivity contribution is 5.87. The minimum Gasteiger partial charge on any atom is -0.508 e. The minimum absolute atomic E-state index is 0.107. The van der Waals surface area contributed by atoms with E-state index in [1.807, 2.05) is 0 Å². The number of phenols is 1. The van der Waals surface area contributed by atoms with Crippen LogP contribution in [0, 0.1) is 5.92 Å². The molecule has 2 atom stereocenters. The molecule has 1 saturated carbocycles. The van der Waals surface area contributed by atoms with Crippen LogP contribution < -0.4 is 11.1 Å². The third-order valence-corrected chi connectivity index (χ3v) is 4.60. The highest BCUT2D eigenvalue weighted by Gasteiger charge is 2.32. The third-order valence-electron chi connectivity index (χ3n) is 4.60. The standard InChI is InChI=1S/C18H26N2O4/c1-24-18(23)16(13-5-3-2-4-6-13)20-17(22)15(19)11-12-7-9-14(21)10-8-12/h7-10,13,15-16,21H,2-6,11,19H2,1H3,(H,20,22)/t15-,16-/m0/s1. The van der Waals surface area contributed by atoms with E-state index in [4.69, 9.17) is 10.5 Å². The summed E-state index contributed by atoms with van der Waals surface area (Å²) in [5.41, 5.74) is 6.83. The van der Waals surface area contributed by atoms with Gasteiger partial charge < -0.3 is 20.9 Å². The van der Waals surface area contributed by atoms with Gasteiger partial charge in [0.15, 0.2) is 0 Å². The molecule has 0 aromatic heterocycles. The van der Waals surface area contributed by atoms with E-state index in [9.17, 15) is 14.7 Å². The molecule has 1 aliphatic carbocycles. The highest BCUT2D eigenvalue weighted by atomic mass is 16.5. The van der Waals surface area contributed by atoms with Crippen LogP contribution >= 0.6 is 0 Å². The van der Waals surface area contributed by atoms with Gasteiger partial charge in [0, 0.05) is 0 Å². The zero-order valence-electron chi connectivity index (χ0n) is 14.0. The van der Waals surface area contributed by atoms with Crippen molar-refractivity contribution in [3.63, 3.8) is 0 Å². The first-order chi connectivity index (χ1) is 11.5. The molecule has 0 saturated heterocycles. The van der Waals surface area contributed by atoms with Gasteiger partial charge in [-0.05, 0) is 42.9 Å². The number of hydrogen-bond acceptors (Lipinski definition) is 5. The van der Waals surface area contributed by atoms with Gasteiger partial charge in [-0.2, -0.15) is 0 Å². The Labute approximate surface area is 142 Å². The van der Waals surface area contributed by atoms with Crippen LogP contribution in [0.5, 0.6) is 5.75 Å². The molecule has 1 fully saturated rings. The summed E-state index contributed by atoms with van der Waals surface area (Å²) >= 11 is 0. The Bertz CT molecular complexity index is 553. The van der Waals surface area contributed by atoms with Crippen molar-refractivity contribution < 1.29 is 19.4 Å². The lowest BCUT2D eigenvalue weighted by molar-refractivity contribution is -0.147. The lowest BCUT2D eigenvalue weighted by Gasteiger charge is -2.29. The van der Waals surface area contributed by atoms with E-state index in [-0.39, 0.29) is 17.6 Å². The molecule has 0 aliphatic heterocycles. The molecule has 4 N–H and O–H groups in total. The number of nitrogens with one attached hydrogen (secondary N) is 1. The number of hydrogen-bond donors (Lipinski definition) is 3. The number of nitrogens with two attached hydrogens (primary N) is 1. The number of benzene rings is 1. The van der Waals surface area contributed by atoms with Gasteiger partial charge in [0.2, 0.25) is 5.91 Å². The number of carbonyl (C=O) groups is 2. The van der Waals surface area contributed by atoms with Crippen LogP contribution in [-0.2, 0) is 20.7 Å². The largest absolute Gasteiger partial charge is 0.508 e. The van der Waals surface area contributed by atoms with Crippen LogP contribution in [0.4, 0.5) is 0 Å². The van der Waals surface area contributed by atoms with Crippen molar-refractivity contribution in [3.8, 4) is 5.75 Å². The van der Waals surface area contributed by atoms with Crippen LogP contribution in [0.2, 0.25) is 0 Å². The van der Waals surface area contributed by atoms with Crippen molar-refractivity contribution in [1.29, 1.82) is 0 Å². The number of ether oxygens (including phenoxy) is 1. The number of carbonyl (C=O) groups excluding carboxylic acids is 2. The molecular weight excluding hydrogens is 308 g/mol. The fourth-order valence-corrected chi connectivity index (χ4v) is 3.20. The molecule has 6 nitrogen and oxygen atoms in total. The molecule has 0 radical (unpaired) electrons. The van der Waals surface area contributed by atoms with E-state index in [1.54, 1.807) is 24.3 Å². The van der Waals surface area contributed by atoms with Gasteiger partial charge in [0.1, 0.15) is 11.8 Å². The van der Waals surface area contributed by atoms with Crippen molar-refractivity contribution in [3.05, 3.63) is 29.8 Å². The summed E-state index contributed by atoms with van der Waals surface area (Å²) in [7, 11) is 1.33. The molecule has 0 spiro atoms. The van der Waals surface area contributed by atoms with Gasteiger partial charge in [-0.25, -0.2) is 4.79 Å². The van der Waals surface area contributed by atoms with Crippen molar-refractivity contribution in [2.75, 3.05) is 7.11 Å². The Kier molecular flexibility index (Phi) is 6.61. The summed E-state index contributed by atoms with van der Waals surface area (Å²) in [6.07, 6.45) is 5.45. The van der Waals surface area contributed by atoms with E-state index >= 15 is 0 Å². The smallest absolute Gasteiger partial charge is 0.328 e. The number of esters is 1. The number of amides is 1. The Morgan fingerprint density at radius 1 is 1.25 bits per heavy atom. The minimum atomic E-state index is -0.759. The molecule has 1 aromatic rings. The second-order valence-electron chi connectivity index (χ2n) is 6.38. The molecule has 1 aromatic carbocycles. The zero-order chi connectivity index (χ0) is 17.5. The van der Waals surface area contributed by atoms with Crippen molar-refractivity contribution in [2.24, 2.45) is 11.7 Å². The maximum Gasteiger partial charge on any atom is 0.328 e. The van der Waals surface area contributed by atoms with Crippen molar-refractivity contribution in [2.45, 2.75) is 50.6 Å². The van der Waals surface area contributed by atoms with Gasteiger partial charge in [0.05, 0.1) is 13.2 Å². The second kappa shape index (κ2) is 8.68. The summed E-state index contributed by atoms with van der Waals surface area (Å²) in [5, 5.41) is 12.1. The van der Waals surface area contributed by atoms with E-state index in [0.29, 0.717) is 6.42 Å².